The van der Waals surface area contributed by atoms with Crippen LogP contribution in [0.2, 0.25) is 0 Å². The average molecular weight is 420 g/mol. The topological polar surface area (TPSA) is 76.1 Å². The van der Waals surface area contributed by atoms with Gasteiger partial charge in [-0.1, -0.05) is 30.3 Å². The molecule has 3 heterocycles. The molecule has 2 N–H and O–H groups in total. The van der Waals surface area contributed by atoms with Crippen LogP contribution in [0.15, 0.2) is 97.6 Å². The third-order valence-corrected chi connectivity index (χ3v) is 5.10. The zero-order valence-corrected chi connectivity index (χ0v) is 17.2. The maximum atomic E-state index is 13.0. The van der Waals surface area contributed by atoms with E-state index in [1.807, 2.05) is 66.7 Å². The second-order valence-corrected chi connectivity index (χ2v) is 7.28. The van der Waals surface area contributed by atoms with Crippen molar-refractivity contribution in [3.05, 3.63) is 103 Å². The molecule has 6 nitrogen and oxygen atoms in total. The van der Waals surface area contributed by atoms with Crippen molar-refractivity contribution in [1.29, 1.82) is 0 Å². The fourth-order valence-corrected chi connectivity index (χ4v) is 3.58. The number of fused-ring (bicyclic) bond motifs is 1. The van der Waals surface area contributed by atoms with Gasteiger partial charge in [-0.05, 0) is 48.0 Å². The van der Waals surface area contributed by atoms with E-state index < -0.39 is 0 Å². The summed E-state index contributed by atoms with van der Waals surface area (Å²) < 4.78 is 5.92. The minimum Gasteiger partial charge on any atom is -0.456 e. The van der Waals surface area contributed by atoms with Gasteiger partial charge in [-0.25, -0.2) is 0 Å². The number of rotatable bonds is 5. The highest BCUT2D eigenvalue weighted by Crippen LogP contribution is 2.34. The molecule has 0 unspecified atom stereocenters. The SMILES string of the molecule is O=C(Nc1cccnc1)C1=CCNc2ccc(-c3cncc(Oc4ccccc4)c3)cc21. The van der Waals surface area contributed by atoms with Crippen molar-refractivity contribution in [3.63, 3.8) is 0 Å². The number of nitrogens with zero attached hydrogens (tertiary/aromatic N) is 2. The molecule has 0 atom stereocenters. The molecule has 4 aromatic rings. The molecule has 0 spiro atoms. The number of hydrogen-bond acceptors (Lipinski definition) is 5. The highest BCUT2D eigenvalue weighted by atomic mass is 16.5. The van der Waals surface area contributed by atoms with Gasteiger partial charge in [-0.15, -0.1) is 0 Å². The molecule has 5 rings (SSSR count). The summed E-state index contributed by atoms with van der Waals surface area (Å²) in [4.78, 5) is 21.4. The summed E-state index contributed by atoms with van der Waals surface area (Å²) in [5.74, 6) is 1.23. The molecule has 32 heavy (non-hydrogen) atoms. The normalized spacial score (nSPS) is 12.2. The Labute approximate surface area is 185 Å². The number of pyridine rings is 2. The maximum absolute atomic E-state index is 13.0. The Balaban J connectivity index is 1.43. The maximum Gasteiger partial charge on any atom is 0.256 e. The highest BCUT2D eigenvalue weighted by molar-refractivity contribution is 6.27. The summed E-state index contributed by atoms with van der Waals surface area (Å²) in [5.41, 5.74) is 4.87. The van der Waals surface area contributed by atoms with Crippen LogP contribution in [0.1, 0.15) is 5.56 Å². The van der Waals surface area contributed by atoms with Crippen LogP contribution in [-0.4, -0.2) is 22.4 Å². The number of benzene rings is 2. The smallest absolute Gasteiger partial charge is 0.256 e. The Morgan fingerprint density at radius 3 is 2.62 bits per heavy atom. The second-order valence-electron chi connectivity index (χ2n) is 7.28. The first-order valence-corrected chi connectivity index (χ1v) is 10.2. The molecule has 0 aliphatic carbocycles. The van der Waals surface area contributed by atoms with Crippen LogP contribution < -0.4 is 15.4 Å². The minimum absolute atomic E-state index is 0.169. The summed E-state index contributed by atoms with van der Waals surface area (Å²) in [6.45, 7) is 0.587. The number of hydrogen-bond donors (Lipinski definition) is 2. The van der Waals surface area contributed by atoms with Crippen LogP contribution in [0.5, 0.6) is 11.5 Å². The molecule has 6 heteroatoms. The number of ether oxygens (including phenoxy) is 1. The second kappa shape index (κ2) is 8.73. The van der Waals surface area contributed by atoms with Crippen LogP contribution in [0.3, 0.4) is 0 Å². The van der Waals surface area contributed by atoms with Gasteiger partial charge in [0.25, 0.3) is 5.91 Å². The van der Waals surface area contributed by atoms with E-state index in [0.717, 1.165) is 28.1 Å². The van der Waals surface area contributed by atoms with E-state index in [0.29, 0.717) is 23.6 Å². The largest absolute Gasteiger partial charge is 0.456 e. The van der Waals surface area contributed by atoms with E-state index in [1.165, 1.54) is 0 Å². The lowest BCUT2D eigenvalue weighted by atomic mass is 9.95. The Bertz CT molecular complexity index is 1290. The minimum atomic E-state index is -0.169. The molecular weight excluding hydrogens is 400 g/mol. The van der Waals surface area contributed by atoms with Crippen molar-refractivity contribution in [1.82, 2.24) is 9.97 Å². The van der Waals surface area contributed by atoms with Crippen LogP contribution in [-0.2, 0) is 4.79 Å². The molecule has 0 radical (unpaired) electrons. The quantitative estimate of drug-likeness (QED) is 0.453. The van der Waals surface area contributed by atoms with Crippen LogP contribution in [0.4, 0.5) is 11.4 Å². The monoisotopic (exact) mass is 420 g/mol. The summed E-state index contributed by atoms with van der Waals surface area (Å²) in [7, 11) is 0. The van der Waals surface area contributed by atoms with Gasteiger partial charge in [0.1, 0.15) is 11.5 Å². The Morgan fingerprint density at radius 2 is 1.78 bits per heavy atom. The molecular formula is C26H20N4O2. The summed E-state index contributed by atoms with van der Waals surface area (Å²) >= 11 is 0. The molecule has 0 saturated carbocycles. The number of nitrogens with one attached hydrogen (secondary N) is 2. The fraction of sp³-hybridized carbons (Fsp3) is 0.0385. The lowest BCUT2D eigenvalue weighted by Gasteiger charge is -2.20. The standard InChI is InChI=1S/C26H20N4O2/c31-26(30-20-5-4-11-27-16-20)23-10-12-29-25-9-8-18(14-24(23)25)19-13-22(17-28-15-19)32-21-6-2-1-3-7-21/h1-11,13-17,29H,12H2,(H,30,31). The first-order chi connectivity index (χ1) is 15.8. The number of aromatic nitrogens is 2. The van der Waals surface area contributed by atoms with Crippen molar-refractivity contribution in [2.75, 3.05) is 17.2 Å². The zero-order chi connectivity index (χ0) is 21.8. The molecule has 156 valence electrons. The van der Waals surface area contributed by atoms with Crippen LogP contribution >= 0.6 is 0 Å². The van der Waals surface area contributed by atoms with Gasteiger partial charge in [0, 0.05) is 41.3 Å². The van der Waals surface area contributed by atoms with Gasteiger partial charge in [0.2, 0.25) is 0 Å². The average Bonchev–Trinajstić information content (AvgIpc) is 2.85. The molecule has 0 bridgehead atoms. The van der Waals surface area contributed by atoms with Gasteiger partial charge in [-0.3, -0.25) is 14.8 Å². The predicted octanol–water partition coefficient (Wildman–Crippen LogP) is 5.38. The Kier molecular flexibility index (Phi) is 5.32. The van der Waals surface area contributed by atoms with Crippen LogP contribution in [0, 0.1) is 0 Å². The van der Waals surface area contributed by atoms with E-state index in [2.05, 4.69) is 20.6 Å². The number of carbonyl (C=O) groups excluding carboxylic acids is 1. The molecule has 0 saturated heterocycles. The predicted molar refractivity (Wildman–Crippen MR) is 126 cm³/mol. The van der Waals surface area contributed by atoms with Crippen molar-refractivity contribution in [2.24, 2.45) is 0 Å². The molecule has 1 amide bonds. The fourth-order valence-electron chi connectivity index (χ4n) is 3.58. The number of amides is 1. The van der Waals surface area contributed by atoms with Crippen molar-refractivity contribution >= 4 is 22.9 Å². The lowest BCUT2D eigenvalue weighted by molar-refractivity contribution is -0.111. The molecule has 1 aliphatic rings. The summed E-state index contributed by atoms with van der Waals surface area (Å²) in [5, 5.41) is 6.24. The molecule has 1 aliphatic heterocycles. The highest BCUT2D eigenvalue weighted by Gasteiger charge is 2.20. The van der Waals surface area contributed by atoms with Gasteiger partial charge >= 0.3 is 0 Å². The summed E-state index contributed by atoms with van der Waals surface area (Å²) in [6, 6.07) is 21.1. The third kappa shape index (κ3) is 4.20. The molecule has 2 aromatic heterocycles. The number of carbonyl (C=O) groups is 1. The first kappa shape index (κ1) is 19.5. The van der Waals surface area contributed by atoms with Gasteiger partial charge in [0.15, 0.2) is 0 Å². The van der Waals surface area contributed by atoms with E-state index in [9.17, 15) is 4.79 Å². The molecule has 0 fully saturated rings. The van der Waals surface area contributed by atoms with E-state index in [1.54, 1.807) is 30.9 Å². The van der Waals surface area contributed by atoms with Crippen LogP contribution in [0.25, 0.3) is 16.7 Å². The first-order valence-electron chi connectivity index (χ1n) is 10.2. The Morgan fingerprint density at radius 1 is 0.875 bits per heavy atom. The zero-order valence-electron chi connectivity index (χ0n) is 17.2. The van der Waals surface area contributed by atoms with E-state index in [-0.39, 0.29) is 5.91 Å². The van der Waals surface area contributed by atoms with Crippen molar-refractivity contribution in [2.45, 2.75) is 0 Å². The van der Waals surface area contributed by atoms with E-state index in [4.69, 9.17) is 4.74 Å². The Hall–Kier alpha value is -4.45. The van der Waals surface area contributed by atoms with Gasteiger partial charge in [0.05, 0.1) is 18.1 Å². The van der Waals surface area contributed by atoms with Crippen molar-refractivity contribution < 1.29 is 9.53 Å². The third-order valence-electron chi connectivity index (χ3n) is 5.10. The van der Waals surface area contributed by atoms with E-state index >= 15 is 0 Å². The van der Waals surface area contributed by atoms with Gasteiger partial charge < -0.3 is 15.4 Å². The van der Waals surface area contributed by atoms with Crippen molar-refractivity contribution in [3.8, 4) is 22.6 Å². The summed E-state index contributed by atoms with van der Waals surface area (Å²) in [6.07, 6.45) is 8.66. The molecule has 2 aromatic carbocycles. The van der Waals surface area contributed by atoms with Gasteiger partial charge in [-0.2, -0.15) is 0 Å². The lowest BCUT2D eigenvalue weighted by Crippen LogP contribution is -2.19. The number of para-hydroxylation sites is 1. The number of anilines is 2.